The summed E-state index contributed by atoms with van der Waals surface area (Å²) < 4.78 is 0. The van der Waals surface area contributed by atoms with Crippen molar-refractivity contribution in [3.63, 3.8) is 0 Å². The number of fused-ring (bicyclic) bond motifs is 3. The summed E-state index contributed by atoms with van der Waals surface area (Å²) in [6.45, 7) is 12.7. The van der Waals surface area contributed by atoms with Gasteiger partial charge in [-0.15, -0.1) is 0 Å². The smallest absolute Gasteiger partial charge is 0.0261 e. The molecule has 3 aliphatic rings. The molecule has 0 aromatic carbocycles. The molecule has 0 heterocycles. The molecule has 116 valence electrons. The van der Waals surface area contributed by atoms with E-state index in [1.165, 1.54) is 44.9 Å². The Labute approximate surface area is 127 Å². The van der Waals surface area contributed by atoms with Crippen molar-refractivity contribution in [2.24, 2.45) is 40.4 Å². The first-order chi connectivity index (χ1) is 9.34. The van der Waals surface area contributed by atoms with Crippen molar-refractivity contribution >= 4 is 0 Å². The molecule has 0 N–H and O–H groups in total. The summed E-state index contributed by atoms with van der Waals surface area (Å²) in [5, 5.41) is 0. The highest BCUT2D eigenvalue weighted by Gasteiger charge is 2.55. The minimum atomic E-state index is 0.604. The van der Waals surface area contributed by atoms with Gasteiger partial charge in [-0.05, 0) is 85.4 Å². The first kappa shape index (κ1) is 14.9. The first-order valence-electron chi connectivity index (χ1n) is 9.34. The average Bonchev–Trinajstić information content (AvgIpc) is 2.37. The Bertz CT molecular complexity index is 353. The zero-order chi connectivity index (χ0) is 14.5. The van der Waals surface area contributed by atoms with Gasteiger partial charge < -0.3 is 0 Å². The minimum absolute atomic E-state index is 0.604. The highest BCUT2D eigenvalue weighted by Crippen LogP contribution is 2.64. The van der Waals surface area contributed by atoms with Gasteiger partial charge in [-0.3, -0.25) is 0 Å². The van der Waals surface area contributed by atoms with E-state index in [1.54, 1.807) is 6.42 Å². The van der Waals surface area contributed by atoms with Gasteiger partial charge in [0.2, 0.25) is 0 Å². The Balaban J connectivity index is 1.81. The Morgan fingerprint density at radius 2 is 1.65 bits per heavy atom. The molecule has 0 amide bonds. The van der Waals surface area contributed by atoms with Crippen LogP contribution < -0.4 is 0 Å². The third-order valence-electron chi connectivity index (χ3n) is 7.91. The van der Waals surface area contributed by atoms with Crippen LogP contribution >= 0.6 is 0 Å². The van der Waals surface area contributed by atoms with E-state index in [0.29, 0.717) is 10.8 Å². The molecule has 3 aliphatic carbocycles. The van der Waals surface area contributed by atoms with Crippen molar-refractivity contribution in [3.8, 4) is 0 Å². The summed E-state index contributed by atoms with van der Waals surface area (Å²) in [5.41, 5.74) is 1.28. The monoisotopic (exact) mass is 276 g/mol. The van der Waals surface area contributed by atoms with Gasteiger partial charge in [-0.2, -0.15) is 0 Å². The van der Waals surface area contributed by atoms with E-state index in [1.807, 2.05) is 0 Å². The van der Waals surface area contributed by atoms with Crippen molar-refractivity contribution in [2.45, 2.75) is 86.0 Å². The summed E-state index contributed by atoms with van der Waals surface area (Å²) in [5.74, 6) is 5.04. The normalized spacial score (nSPS) is 47.7. The molecule has 0 bridgehead atoms. The molecule has 0 nitrogen and oxygen atoms in total. The SMILES string of the molecule is CC(C)C1CC[C@H]2C(CC[C@H]3C(C)(C)CCC[C@]23C)C1. The van der Waals surface area contributed by atoms with Gasteiger partial charge in [0.25, 0.3) is 0 Å². The maximum atomic E-state index is 2.69. The minimum Gasteiger partial charge on any atom is -0.0625 e. The van der Waals surface area contributed by atoms with Crippen molar-refractivity contribution in [1.29, 1.82) is 0 Å². The predicted octanol–water partition coefficient (Wildman–Crippen LogP) is 6.30. The summed E-state index contributed by atoms with van der Waals surface area (Å²) in [6.07, 6.45) is 12.1. The highest BCUT2D eigenvalue weighted by atomic mass is 14.6. The van der Waals surface area contributed by atoms with E-state index in [2.05, 4.69) is 34.6 Å². The zero-order valence-electron chi connectivity index (χ0n) is 14.5. The topological polar surface area (TPSA) is 0 Å². The van der Waals surface area contributed by atoms with Gasteiger partial charge in [-0.25, -0.2) is 0 Å². The molecular formula is C20H36. The third-order valence-corrected chi connectivity index (χ3v) is 7.91. The van der Waals surface area contributed by atoms with Gasteiger partial charge in [0.15, 0.2) is 0 Å². The van der Waals surface area contributed by atoms with Crippen molar-refractivity contribution < 1.29 is 0 Å². The highest BCUT2D eigenvalue weighted by molar-refractivity contribution is 5.04. The second-order valence-electron chi connectivity index (χ2n) is 9.66. The first-order valence-corrected chi connectivity index (χ1v) is 9.34. The average molecular weight is 277 g/mol. The van der Waals surface area contributed by atoms with E-state index < -0.39 is 0 Å². The predicted molar refractivity (Wildman–Crippen MR) is 87.6 cm³/mol. The van der Waals surface area contributed by atoms with E-state index >= 15 is 0 Å². The molecule has 3 saturated carbocycles. The molecule has 2 unspecified atom stereocenters. The van der Waals surface area contributed by atoms with E-state index in [4.69, 9.17) is 0 Å². The molecule has 0 heteroatoms. The molecule has 3 rings (SSSR count). The molecule has 0 aromatic heterocycles. The van der Waals surface area contributed by atoms with Crippen LogP contribution in [0.1, 0.15) is 86.0 Å². The third kappa shape index (κ3) is 2.26. The summed E-state index contributed by atoms with van der Waals surface area (Å²) in [6, 6.07) is 0. The van der Waals surface area contributed by atoms with Crippen LogP contribution in [-0.2, 0) is 0 Å². The zero-order valence-corrected chi connectivity index (χ0v) is 14.5. The van der Waals surface area contributed by atoms with Crippen LogP contribution in [0.15, 0.2) is 0 Å². The van der Waals surface area contributed by atoms with Crippen molar-refractivity contribution in [2.75, 3.05) is 0 Å². The van der Waals surface area contributed by atoms with Crippen molar-refractivity contribution in [3.05, 3.63) is 0 Å². The van der Waals surface area contributed by atoms with Crippen LogP contribution in [-0.4, -0.2) is 0 Å². The number of hydrogen-bond acceptors (Lipinski definition) is 0. The molecule has 0 spiro atoms. The van der Waals surface area contributed by atoms with Gasteiger partial charge in [0.05, 0.1) is 0 Å². The van der Waals surface area contributed by atoms with Crippen molar-refractivity contribution in [1.82, 2.24) is 0 Å². The van der Waals surface area contributed by atoms with Gasteiger partial charge in [0.1, 0.15) is 0 Å². The van der Waals surface area contributed by atoms with Crippen LogP contribution in [0.4, 0.5) is 0 Å². The van der Waals surface area contributed by atoms with E-state index in [0.717, 1.165) is 29.6 Å². The Kier molecular flexibility index (Phi) is 3.75. The van der Waals surface area contributed by atoms with Crippen LogP contribution in [0.25, 0.3) is 0 Å². The lowest BCUT2D eigenvalue weighted by Crippen LogP contribution is -2.53. The molecule has 0 radical (unpaired) electrons. The summed E-state index contributed by atoms with van der Waals surface area (Å²) in [4.78, 5) is 0. The Morgan fingerprint density at radius 1 is 0.900 bits per heavy atom. The summed E-state index contributed by atoms with van der Waals surface area (Å²) in [7, 11) is 0. The fourth-order valence-electron chi connectivity index (χ4n) is 6.80. The largest absolute Gasteiger partial charge is 0.0625 e. The van der Waals surface area contributed by atoms with Crippen LogP contribution in [0.3, 0.4) is 0 Å². The quantitative estimate of drug-likeness (QED) is 0.527. The lowest BCUT2D eigenvalue weighted by molar-refractivity contribution is -0.117. The molecular weight excluding hydrogens is 240 g/mol. The number of rotatable bonds is 1. The van der Waals surface area contributed by atoms with Gasteiger partial charge in [0, 0.05) is 0 Å². The Morgan fingerprint density at radius 3 is 2.35 bits per heavy atom. The Hall–Kier alpha value is 0. The van der Waals surface area contributed by atoms with Crippen LogP contribution in [0.2, 0.25) is 0 Å². The lowest BCUT2D eigenvalue weighted by atomic mass is 9.44. The molecule has 0 aliphatic heterocycles. The van der Waals surface area contributed by atoms with Crippen LogP contribution in [0.5, 0.6) is 0 Å². The lowest BCUT2D eigenvalue weighted by Gasteiger charge is -2.61. The second kappa shape index (κ2) is 5.03. The molecule has 20 heavy (non-hydrogen) atoms. The maximum absolute atomic E-state index is 2.69. The maximum Gasteiger partial charge on any atom is -0.0261 e. The molecule has 3 fully saturated rings. The summed E-state index contributed by atoms with van der Waals surface area (Å²) >= 11 is 0. The van der Waals surface area contributed by atoms with Gasteiger partial charge in [-0.1, -0.05) is 41.0 Å². The van der Waals surface area contributed by atoms with Crippen LogP contribution in [0, 0.1) is 40.4 Å². The molecule has 0 saturated heterocycles. The standard InChI is InChI=1S/C20H36/c1-14(2)15-7-9-17-16(13-15)8-10-18-19(3,4)11-6-12-20(17,18)5/h14-18H,6-13H2,1-5H3/t15?,16?,17-,18-,20+/m0/s1. The fraction of sp³-hybridized carbons (Fsp3) is 1.00. The molecule has 0 aromatic rings. The van der Waals surface area contributed by atoms with Gasteiger partial charge >= 0.3 is 0 Å². The fourth-order valence-corrected chi connectivity index (χ4v) is 6.80. The molecule has 5 atom stereocenters. The second-order valence-corrected chi connectivity index (χ2v) is 9.66. The van der Waals surface area contributed by atoms with E-state index in [-0.39, 0.29) is 0 Å². The number of hydrogen-bond donors (Lipinski definition) is 0. The van der Waals surface area contributed by atoms with E-state index in [9.17, 15) is 0 Å².